The highest BCUT2D eigenvalue weighted by molar-refractivity contribution is 5.89. The van der Waals surface area contributed by atoms with Crippen LogP contribution in [-0.4, -0.2) is 103 Å². The highest BCUT2D eigenvalue weighted by atomic mass is 16.5. The van der Waals surface area contributed by atoms with Crippen molar-refractivity contribution in [3.05, 3.63) is 29.5 Å². The Morgan fingerprint density at radius 1 is 1.21 bits per heavy atom. The van der Waals surface area contributed by atoms with Crippen LogP contribution in [0.1, 0.15) is 37.1 Å². The number of piperidine rings is 1. The number of aliphatic hydroxyl groups is 1. The van der Waals surface area contributed by atoms with Gasteiger partial charge < -0.3 is 29.4 Å². The number of rotatable bonds is 4. The molecule has 1 aromatic carbocycles. The van der Waals surface area contributed by atoms with Crippen molar-refractivity contribution in [3.63, 3.8) is 0 Å². The standard InChI is InChI=1S/C25H34N4O5/c1-17(31)28-7-5-25(6-8-28)16-29(22(32)14-27-9-11-34-12-10-27)21(15-30)24-23(25)19-4-3-18(33-2)13-20(19)26-24/h3-4,13,21,26,30H,5-12,14-16H2,1-2H3/t21-/m1/s1. The summed E-state index contributed by atoms with van der Waals surface area (Å²) in [5.74, 6) is 0.867. The topological polar surface area (TPSA) is 98.3 Å². The van der Waals surface area contributed by atoms with Gasteiger partial charge in [0.1, 0.15) is 5.75 Å². The molecular weight excluding hydrogens is 436 g/mol. The van der Waals surface area contributed by atoms with E-state index < -0.39 is 6.04 Å². The van der Waals surface area contributed by atoms with Crippen LogP contribution in [-0.2, 0) is 19.7 Å². The normalized spacial score (nSPS) is 22.7. The first kappa shape index (κ1) is 23.1. The molecule has 4 heterocycles. The minimum absolute atomic E-state index is 0.0243. The van der Waals surface area contributed by atoms with Crippen molar-refractivity contribution in [2.45, 2.75) is 31.2 Å². The molecular formula is C25H34N4O5. The van der Waals surface area contributed by atoms with Crippen LogP contribution in [0.25, 0.3) is 10.9 Å². The number of likely N-dealkylation sites (tertiary alicyclic amines) is 1. The number of carbonyl (C=O) groups excluding carboxylic acids is 2. The second-order valence-electron chi connectivity index (χ2n) is 9.72. The van der Waals surface area contributed by atoms with Crippen molar-refractivity contribution >= 4 is 22.7 Å². The van der Waals surface area contributed by atoms with Gasteiger partial charge in [0.15, 0.2) is 0 Å². The summed E-state index contributed by atoms with van der Waals surface area (Å²) < 4.78 is 10.9. The minimum Gasteiger partial charge on any atom is -0.497 e. The summed E-state index contributed by atoms with van der Waals surface area (Å²) in [5, 5.41) is 11.6. The summed E-state index contributed by atoms with van der Waals surface area (Å²) in [4.78, 5) is 35.0. The largest absolute Gasteiger partial charge is 0.497 e. The number of H-pyrrole nitrogens is 1. The number of morpholine rings is 1. The van der Waals surface area contributed by atoms with Gasteiger partial charge in [-0.05, 0) is 30.5 Å². The Balaban J connectivity index is 1.55. The summed E-state index contributed by atoms with van der Waals surface area (Å²) in [7, 11) is 1.64. The lowest BCUT2D eigenvalue weighted by molar-refractivity contribution is -0.140. The van der Waals surface area contributed by atoms with E-state index in [1.807, 2.05) is 21.9 Å². The number of benzene rings is 1. The molecule has 1 spiro atoms. The quantitative estimate of drug-likeness (QED) is 0.698. The van der Waals surface area contributed by atoms with Gasteiger partial charge in [0.05, 0.1) is 39.5 Å². The zero-order valence-corrected chi connectivity index (χ0v) is 20.0. The zero-order chi connectivity index (χ0) is 23.9. The smallest absolute Gasteiger partial charge is 0.237 e. The second-order valence-corrected chi connectivity index (χ2v) is 9.72. The summed E-state index contributed by atoms with van der Waals surface area (Å²) in [6.07, 6.45) is 1.55. The van der Waals surface area contributed by atoms with Gasteiger partial charge >= 0.3 is 0 Å². The summed E-state index contributed by atoms with van der Waals surface area (Å²) in [6, 6.07) is 5.57. The molecule has 2 N–H and O–H groups in total. The van der Waals surface area contributed by atoms with Crippen LogP contribution in [0, 0.1) is 0 Å². The SMILES string of the molecule is COc1ccc2c3c([nH]c2c1)[C@@H](CO)N(C(=O)CN1CCOCC1)CC31CCN(C(C)=O)CC1. The fourth-order valence-corrected chi connectivity index (χ4v) is 5.97. The lowest BCUT2D eigenvalue weighted by Gasteiger charge is -2.50. The molecule has 34 heavy (non-hydrogen) atoms. The molecule has 184 valence electrons. The number of methoxy groups -OCH3 is 1. The predicted molar refractivity (Wildman–Crippen MR) is 127 cm³/mol. The number of aromatic nitrogens is 1. The third kappa shape index (κ3) is 3.95. The monoisotopic (exact) mass is 470 g/mol. The van der Waals surface area contributed by atoms with Crippen LogP contribution >= 0.6 is 0 Å². The number of nitrogens with zero attached hydrogens (tertiary/aromatic N) is 3. The predicted octanol–water partition coefficient (Wildman–Crippen LogP) is 1.26. The highest BCUT2D eigenvalue weighted by Gasteiger charge is 2.49. The van der Waals surface area contributed by atoms with Crippen molar-refractivity contribution in [2.75, 3.05) is 66.2 Å². The van der Waals surface area contributed by atoms with E-state index in [2.05, 4.69) is 16.0 Å². The van der Waals surface area contributed by atoms with Gasteiger partial charge in [-0.2, -0.15) is 0 Å². The van der Waals surface area contributed by atoms with E-state index in [0.717, 1.165) is 48.3 Å². The number of ether oxygens (including phenoxy) is 2. The molecule has 0 bridgehead atoms. The van der Waals surface area contributed by atoms with Gasteiger partial charge in [-0.1, -0.05) is 0 Å². The van der Waals surface area contributed by atoms with Crippen LogP contribution in [0.2, 0.25) is 0 Å². The van der Waals surface area contributed by atoms with E-state index in [0.29, 0.717) is 39.4 Å². The molecule has 1 atom stereocenters. The molecule has 0 radical (unpaired) electrons. The average Bonchev–Trinajstić information content (AvgIpc) is 3.24. The molecule has 3 aliphatic heterocycles. The van der Waals surface area contributed by atoms with Crippen LogP contribution < -0.4 is 4.74 Å². The van der Waals surface area contributed by atoms with Crippen molar-refractivity contribution < 1.29 is 24.2 Å². The molecule has 9 heteroatoms. The van der Waals surface area contributed by atoms with Gasteiger partial charge in [0, 0.05) is 67.7 Å². The number of amides is 2. The van der Waals surface area contributed by atoms with Crippen LogP contribution in [0.15, 0.2) is 18.2 Å². The van der Waals surface area contributed by atoms with E-state index in [9.17, 15) is 14.7 Å². The molecule has 2 fully saturated rings. The molecule has 5 rings (SSSR count). The third-order valence-corrected chi connectivity index (χ3v) is 7.87. The third-order valence-electron chi connectivity index (χ3n) is 7.87. The number of hydrogen-bond acceptors (Lipinski definition) is 6. The summed E-state index contributed by atoms with van der Waals surface area (Å²) >= 11 is 0. The van der Waals surface area contributed by atoms with Crippen LogP contribution in [0.5, 0.6) is 5.75 Å². The van der Waals surface area contributed by atoms with Crippen molar-refractivity contribution in [3.8, 4) is 5.75 Å². The van der Waals surface area contributed by atoms with Gasteiger partial charge in [0.25, 0.3) is 0 Å². The zero-order valence-electron chi connectivity index (χ0n) is 20.0. The number of aromatic amines is 1. The Bertz CT molecular complexity index is 1070. The Hall–Kier alpha value is -2.62. The first-order chi connectivity index (χ1) is 16.5. The van der Waals surface area contributed by atoms with Gasteiger partial charge in [-0.3, -0.25) is 14.5 Å². The molecule has 2 amide bonds. The van der Waals surface area contributed by atoms with Crippen LogP contribution in [0.4, 0.5) is 0 Å². The fraction of sp³-hybridized carbons (Fsp3) is 0.600. The summed E-state index contributed by atoms with van der Waals surface area (Å²) in [5.41, 5.74) is 2.76. The molecule has 0 saturated carbocycles. The van der Waals surface area contributed by atoms with E-state index in [1.54, 1.807) is 14.0 Å². The van der Waals surface area contributed by atoms with Crippen molar-refractivity contribution in [2.24, 2.45) is 0 Å². The van der Waals surface area contributed by atoms with Crippen molar-refractivity contribution in [1.29, 1.82) is 0 Å². The Labute approximate surface area is 199 Å². The van der Waals surface area contributed by atoms with E-state index in [-0.39, 0.29) is 23.8 Å². The average molecular weight is 471 g/mol. The van der Waals surface area contributed by atoms with Crippen molar-refractivity contribution in [1.82, 2.24) is 19.7 Å². The minimum atomic E-state index is -0.432. The van der Waals surface area contributed by atoms with Gasteiger partial charge in [0.2, 0.25) is 11.8 Å². The molecule has 1 aromatic heterocycles. The Morgan fingerprint density at radius 3 is 2.59 bits per heavy atom. The van der Waals surface area contributed by atoms with E-state index in [4.69, 9.17) is 9.47 Å². The summed E-state index contributed by atoms with van der Waals surface area (Å²) in [6.45, 7) is 6.38. The number of nitrogens with one attached hydrogen (secondary N) is 1. The molecule has 2 aromatic rings. The number of carbonyl (C=O) groups is 2. The fourth-order valence-electron chi connectivity index (χ4n) is 5.97. The Kier molecular flexibility index (Phi) is 6.26. The Morgan fingerprint density at radius 2 is 1.94 bits per heavy atom. The maximum Gasteiger partial charge on any atom is 0.237 e. The molecule has 9 nitrogen and oxygen atoms in total. The highest BCUT2D eigenvalue weighted by Crippen LogP contribution is 2.49. The maximum absolute atomic E-state index is 13.6. The molecule has 0 aliphatic carbocycles. The second kappa shape index (κ2) is 9.20. The number of hydrogen-bond donors (Lipinski definition) is 2. The lowest BCUT2D eigenvalue weighted by atomic mass is 9.68. The first-order valence-electron chi connectivity index (χ1n) is 12.1. The molecule has 3 aliphatic rings. The van der Waals surface area contributed by atoms with Gasteiger partial charge in [-0.15, -0.1) is 0 Å². The van der Waals surface area contributed by atoms with Crippen LogP contribution in [0.3, 0.4) is 0 Å². The maximum atomic E-state index is 13.6. The molecule has 2 saturated heterocycles. The van der Waals surface area contributed by atoms with E-state index >= 15 is 0 Å². The van der Waals surface area contributed by atoms with Gasteiger partial charge in [-0.25, -0.2) is 0 Å². The number of fused-ring (bicyclic) bond motifs is 4. The molecule has 0 unspecified atom stereocenters. The first-order valence-corrected chi connectivity index (χ1v) is 12.1. The lowest BCUT2D eigenvalue weighted by Crippen LogP contribution is -2.57. The van der Waals surface area contributed by atoms with E-state index in [1.165, 1.54) is 5.56 Å². The number of aliphatic hydroxyl groups excluding tert-OH is 1.